The molecule has 3 rings (SSSR count). The molecule has 0 spiro atoms. The van der Waals surface area contributed by atoms with Crippen molar-refractivity contribution < 1.29 is 10.3 Å². The van der Waals surface area contributed by atoms with Crippen LogP contribution in [0.1, 0.15) is 31.4 Å². The van der Waals surface area contributed by atoms with E-state index >= 15 is 0 Å². The van der Waals surface area contributed by atoms with Crippen LogP contribution in [0.25, 0.3) is 0 Å². The SMILES string of the molecule is N/C(=N/O)c1cc(N2C3CCC2CC(O)C3)ccn1. The maximum atomic E-state index is 9.82. The second-order valence-corrected chi connectivity index (χ2v) is 5.30. The van der Waals surface area contributed by atoms with Crippen molar-refractivity contribution in [1.29, 1.82) is 0 Å². The molecule has 2 fully saturated rings. The topological polar surface area (TPSA) is 95.0 Å². The summed E-state index contributed by atoms with van der Waals surface area (Å²) in [6.07, 6.45) is 5.35. The highest BCUT2D eigenvalue weighted by Gasteiger charge is 2.40. The van der Waals surface area contributed by atoms with Crippen LogP contribution in [0, 0.1) is 0 Å². The summed E-state index contributed by atoms with van der Waals surface area (Å²) in [7, 11) is 0. The number of oxime groups is 1. The van der Waals surface area contributed by atoms with E-state index in [1.807, 2.05) is 12.1 Å². The summed E-state index contributed by atoms with van der Waals surface area (Å²) in [6.45, 7) is 0. The first-order valence-corrected chi connectivity index (χ1v) is 6.59. The smallest absolute Gasteiger partial charge is 0.188 e. The molecule has 2 saturated heterocycles. The Balaban J connectivity index is 1.91. The van der Waals surface area contributed by atoms with Crippen molar-refractivity contribution in [2.24, 2.45) is 10.9 Å². The minimum absolute atomic E-state index is 0.0197. The Kier molecular flexibility index (Phi) is 3.02. The van der Waals surface area contributed by atoms with Gasteiger partial charge in [-0.3, -0.25) is 4.98 Å². The summed E-state index contributed by atoms with van der Waals surface area (Å²) in [4.78, 5) is 6.45. The lowest BCUT2D eigenvalue weighted by molar-refractivity contribution is 0.126. The number of nitrogens with zero attached hydrogens (tertiary/aromatic N) is 3. The number of aliphatic hydroxyl groups excluding tert-OH is 1. The largest absolute Gasteiger partial charge is 0.409 e. The minimum atomic E-state index is -0.181. The lowest BCUT2D eigenvalue weighted by atomic mass is 9.99. The van der Waals surface area contributed by atoms with E-state index in [2.05, 4.69) is 15.0 Å². The molecule has 0 aromatic carbocycles. The van der Waals surface area contributed by atoms with Crippen LogP contribution in [0.2, 0.25) is 0 Å². The van der Waals surface area contributed by atoms with Crippen molar-refractivity contribution in [2.75, 3.05) is 4.90 Å². The van der Waals surface area contributed by atoms with Crippen molar-refractivity contribution >= 4 is 11.5 Å². The van der Waals surface area contributed by atoms with E-state index in [0.717, 1.165) is 31.4 Å². The predicted octanol–water partition coefficient (Wildman–Crippen LogP) is 0.668. The molecule has 0 saturated carbocycles. The van der Waals surface area contributed by atoms with Crippen LogP contribution < -0.4 is 10.6 Å². The maximum absolute atomic E-state index is 9.82. The first-order chi connectivity index (χ1) is 9.19. The highest BCUT2D eigenvalue weighted by molar-refractivity contribution is 5.95. The van der Waals surface area contributed by atoms with Gasteiger partial charge in [0.1, 0.15) is 5.69 Å². The van der Waals surface area contributed by atoms with Crippen LogP contribution in [0.4, 0.5) is 5.69 Å². The van der Waals surface area contributed by atoms with Gasteiger partial charge in [0.25, 0.3) is 0 Å². The summed E-state index contributed by atoms with van der Waals surface area (Å²) in [5.74, 6) is 0.0197. The number of amidine groups is 1. The third kappa shape index (κ3) is 2.12. The lowest BCUT2D eigenvalue weighted by Crippen LogP contribution is -2.44. The Morgan fingerprint density at radius 3 is 2.68 bits per heavy atom. The van der Waals surface area contributed by atoms with Gasteiger partial charge in [-0.25, -0.2) is 0 Å². The van der Waals surface area contributed by atoms with Crippen molar-refractivity contribution in [3.63, 3.8) is 0 Å². The molecule has 0 aliphatic carbocycles. The van der Waals surface area contributed by atoms with Crippen LogP contribution in [-0.2, 0) is 0 Å². The highest BCUT2D eigenvalue weighted by atomic mass is 16.4. The third-order valence-electron chi connectivity index (χ3n) is 4.12. The quantitative estimate of drug-likeness (QED) is 0.315. The van der Waals surface area contributed by atoms with Gasteiger partial charge < -0.3 is 20.9 Å². The van der Waals surface area contributed by atoms with Gasteiger partial charge >= 0.3 is 0 Å². The number of aliphatic hydroxyl groups is 1. The van der Waals surface area contributed by atoms with E-state index in [9.17, 15) is 5.11 Å². The highest BCUT2D eigenvalue weighted by Crippen LogP contribution is 2.39. The second-order valence-electron chi connectivity index (χ2n) is 5.30. The number of nitrogens with two attached hydrogens (primary N) is 1. The Hall–Kier alpha value is -1.82. The summed E-state index contributed by atoms with van der Waals surface area (Å²) in [6, 6.07) is 4.56. The molecule has 102 valence electrons. The maximum Gasteiger partial charge on any atom is 0.188 e. The van der Waals surface area contributed by atoms with Gasteiger partial charge in [0.15, 0.2) is 5.84 Å². The van der Waals surface area contributed by atoms with E-state index in [0.29, 0.717) is 17.8 Å². The van der Waals surface area contributed by atoms with Crippen molar-refractivity contribution in [3.8, 4) is 0 Å². The van der Waals surface area contributed by atoms with E-state index in [1.165, 1.54) is 0 Å². The predicted molar refractivity (Wildman–Crippen MR) is 71.3 cm³/mol. The Morgan fingerprint density at radius 2 is 2.05 bits per heavy atom. The zero-order valence-corrected chi connectivity index (χ0v) is 10.6. The van der Waals surface area contributed by atoms with Crippen LogP contribution in [-0.4, -0.2) is 39.3 Å². The molecule has 6 nitrogen and oxygen atoms in total. The summed E-state index contributed by atoms with van der Waals surface area (Å²) in [5.41, 5.74) is 7.09. The average Bonchev–Trinajstić information content (AvgIpc) is 2.70. The molecule has 2 aliphatic rings. The van der Waals surface area contributed by atoms with E-state index < -0.39 is 0 Å². The lowest BCUT2D eigenvalue weighted by Gasteiger charge is -2.39. The van der Waals surface area contributed by atoms with Crippen LogP contribution in [0.3, 0.4) is 0 Å². The van der Waals surface area contributed by atoms with Crippen LogP contribution >= 0.6 is 0 Å². The van der Waals surface area contributed by atoms with Crippen molar-refractivity contribution in [2.45, 2.75) is 43.9 Å². The summed E-state index contributed by atoms with van der Waals surface area (Å²) in [5, 5.41) is 21.5. The standard InChI is InChI=1S/C13H18N4O2/c14-13(16-19)12-7-10(3-4-15-12)17-8-1-2-9(17)6-11(18)5-8/h3-4,7-9,11,18-19H,1-2,5-6H2,(H2,14,16). The third-order valence-corrected chi connectivity index (χ3v) is 4.12. The fraction of sp³-hybridized carbons (Fsp3) is 0.538. The number of hydrogen-bond donors (Lipinski definition) is 3. The van der Waals surface area contributed by atoms with Crippen LogP contribution in [0.15, 0.2) is 23.5 Å². The molecule has 2 aliphatic heterocycles. The number of fused-ring (bicyclic) bond motifs is 2. The van der Waals surface area contributed by atoms with E-state index in [1.54, 1.807) is 6.20 Å². The van der Waals surface area contributed by atoms with Gasteiger partial charge in [0, 0.05) is 24.0 Å². The monoisotopic (exact) mass is 262 g/mol. The molecule has 3 heterocycles. The Labute approximate surface area is 111 Å². The summed E-state index contributed by atoms with van der Waals surface area (Å²) >= 11 is 0. The minimum Gasteiger partial charge on any atom is -0.409 e. The number of aromatic nitrogens is 1. The molecular formula is C13H18N4O2. The molecule has 19 heavy (non-hydrogen) atoms. The number of piperidine rings is 1. The molecule has 2 bridgehead atoms. The zero-order valence-electron chi connectivity index (χ0n) is 10.6. The first-order valence-electron chi connectivity index (χ1n) is 6.59. The van der Waals surface area contributed by atoms with Gasteiger partial charge in [0.05, 0.1) is 6.10 Å². The van der Waals surface area contributed by atoms with Crippen LogP contribution in [0.5, 0.6) is 0 Å². The van der Waals surface area contributed by atoms with Gasteiger partial charge in [-0.05, 0) is 37.8 Å². The van der Waals surface area contributed by atoms with Gasteiger partial charge in [-0.2, -0.15) is 0 Å². The van der Waals surface area contributed by atoms with Gasteiger partial charge in [-0.15, -0.1) is 0 Å². The molecule has 4 N–H and O–H groups in total. The van der Waals surface area contributed by atoms with Gasteiger partial charge in [0.2, 0.25) is 0 Å². The van der Waals surface area contributed by atoms with Crippen molar-refractivity contribution in [1.82, 2.24) is 4.98 Å². The number of rotatable bonds is 2. The molecule has 0 amide bonds. The molecule has 2 unspecified atom stereocenters. The molecule has 0 radical (unpaired) electrons. The van der Waals surface area contributed by atoms with E-state index in [-0.39, 0.29) is 11.9 Å². The molecule has 1 aromatic rings. The Bertz CT molecular complexity index is 491. The number of pyridine rings is 1. The fourth-order valence-corrected chi connectivity index (χ4v) is 3.34. The molecule has 6 heteroatoms. The average molecular weight is 262 g/mol. The molecule has 1 aromatic heterocycles. The first kappa shape index (κ1) is 12.2. The van der Waals surface area contributed by atoms with Crippen molar-refractivity contribution in [3.05, 3.63) is 24.0 Å². The zero-order chi connectivity index (χ0) is 13.4. The number of hydrogen-bond acceptors (Lipinski definition) is 5. The number of anilines is 1. The summed E-state index contributed by atoms with van der Waals surface area (Å²) < 4.78 is 0. The second kappa shape index (κ2) is 4.70. The van der Waals surface area contributed by atoms with E-state index in [4.69, 9.17) is 10.9 Å². The normalized spacial score (nSPS) is 30.7. The van der Waals surface area contributed by atoms with Gasteiger partial charge in [-0.1, -0.05) is 5.16 Å². The fourth-order valence-electron chi connectivity index (χ4n) is 3.34. The molecule has 2 atom stereocenters. The molecular weight excluding hydrogens is 244 g/mol. The Morgan fingerprint density at radius 1 is 1.37 bits per heavy atom.